The molecule has 4 N–H and O–H groups in total. The molecule has 7 nitrogen and oxygen atoms in total. The SMILES string of the molecule is Nc1ncc(C2(C3CC3)C=CC=C(S(N)(=O)=O)C2)nc1C(=O)c1ccccc1. The predicted molar refractivity (Wildman–Crippen MR) is 106 cm³/mol. The molecule has 0 amide bonds. The summed E-state index contributed by atoms with van der Waals surface area (Å²) in [5.74, 6) is -0.0576. The number of nitrogens with two attached hydrogens (primary N) is 2. The minimum absolute atomic E-state index is 0.0468. The van der Waals surface area contributed by atoms with Gasteiger partial charge in [0, 0.05) is 11.0 Å². The van der Waals surface area contributed by atoms with Crippen LogP contribution >= 0.6 is 0 Å². The first-order valence-electron chi connectivity index (χ1n) is 8.95. The largest absolute Gasteiger partial charge is 0.382 e. The summed E-state index contributed by atoms with van der Waals surface area (Å²) >= 11 is 0. The average molecular weight is 396 g/mol. The van der Waals surface area contributed by atoms with E-state index in [0.717, 1.165) is 12.8 Å². The second kappa shape index (κ2) is 6.65. The molecule has 1 aromatic carbocycles. The number of sulfonamides is 1. The van der Waals surface area contributed by atoms with Crippen LogP contribution in [0.4, 0.5) is 5.82 Å². The number of carbonyl (C=O) groups excluding carboxylic acids is 1. The number of nitrogen functional groups attached to an aromatic ring is 1. The lowest BCUT2D eigenvalue weighted by molar-refractivity contribution is 0.103. The maximum atomic E-state index is 12.9. The van der Waals surface area contributed by atoms with Crippen molar-refractivity contribution >= 4 is 21.6 Å². The predicted octanol–water partition coefficient (Wildman–Crippen LogP) is 2.07. The van der Waals surface area contributed by atoms with Crippen LogP contribution in [0.3, 0.4) is 0 Å². The number of nitrogens with zero attached hydrogens (tertiary/aromatic N) is 2. The standard InChI is InChI=1S/C20H20N4O3S/c21-19-17(18(25)13-5-2-1-3-6-13)24-16(12-23-19)20(14-8-9-14)10-4-7-15(11-20)28(22,26)27/h1-7,10,12,14H,8-9,11H2,(H2,21,23)(H2,22,26,27). The molecule has 1 heterocycles. The van der Waals surface area contributed by atoms with Gasteiger partial charge < -0.3 is 5.73 Å². The maximum Gasteiger partial charge on any atom is 0.234 e. The van der Waals surface area contributed by atoms with Gasteiger partial charge in [-0.3, -0.25) is 4.79 Å². The summed E-state index contributed by atoms with van der Waals surface area (Å²) in [4.78, 5) is 21.8. The minimum atomic E-state index is -3.82. The smallest absolute Gasteiger partial charge is 0.234 e. The molecule has 144 valence electrons. The fourth-order valence-corrected chi connectivity index (χ4v) is 4.42. The Balaban J connectivity index is 1.79. The number of aromatic nitrogens is 2. The summed E-state index contributed by atoms with van der Waals surface area (Å²) in [6.45, 7) is 0. The Hall–Kier alpha value is -2.84. The lowest BCUT2D eigenvalue weighted by atomic mass is 9.74. The van der Waals surface area contributed by atoms with Gasteiger partial charge in [0.25, 0.3) is 0 Å². The lowest BCUT2D eigenvalue weighted by Crippen LogP contribution is -2.33. The highest BCUT2D eigenvalue weighted by atomic mass is 32.2. The number of hydrogen-bond acceptors (Lipinski definition) is 6. The van der Waals surface area contributed by atoms with Crippen LogP contribution in [0.1, 0.15) is 41.0 Å². The van der Waals surface area contributed by atoms with Crippen LogP contribution in [0.2, 0.25) is 0 Å². The van der Waals surface area contributed by atoms with Crippen LogP contribution in [-0.4, -0.2) is 24.2 Å². The summed E-state index contributed by atoms with van der Waals surface area (Å²) in [5, 5.41) is 5.37. The zero-order chi connectivity index (χ0) is 19.9. The fraction of sp³-hybridized carbons (Fsp3) is 0.250. The molecule has 0 saturated heterocycles. The first kappa shape index (κ1) is 18.5. The van der Waals surface area contributed by atoms with Crippen molar-refractivity contribution in [2.45, 2.75) is 24.7 Å². The van der Waals surface area contributed by atoms with E-state index in [-0.39, 0.29) is 34.5 Å². The molecule has 28 heavy (non-hydrogen) atoms. The Morgan fingerprint density at radius 1 is 1.18 bits per heavy atom. The van der Waals surface area contributed by atoms with Crippen molar-refractivity contribution < 1.29 is 13.2 Å². The minimum Gasteiger partial charge on any atom is -0.382 e. The Labute approximate surface area is 163 Å². The molecule has 8 heteroatoms. The molecule has 2 aliphatic rings. The highest BCUT2D eigenvalue weighted by molar-refractivity contribution is 7.93. The molecule has 2 aromatic rings. The van der Waals surface area contributed by atoms with Crippen molar-refractivity contribution in [3.63, 3.8) is 0 Å². The third-order valence-electron chi connectivity index (χ3n) is 5.34. The van der Waals surface area contributed by atoms with Crippen molar-refractivity contribution in [1.82, 2.24) is 9.97 Å². The topological polar surface area (TPSA) is 129 Å². The molecule has 0 spiro atoms. The van der Waals surface area contributed by atoms with Crippen LogP contribution in [0, 0.1) is 5.92 Å². The van der Waals surface area contributed by atoms with Crippen LogP contribution in [-0.2, 0) is 15.4 Å². The molecule has 1 aromatic heterocycles. The quantitative estimate of drug-likeness (QED) is 0.744. The number of anilines is 1. The van der Waals surface area contributed by atoms with Gasteiger partial charge >= 0.3 is 0 Å². The molecule has 1 atom stereocenters. The molecule has 1 unspecified atom stereocenters. The number of hydrogen-bond donors (Lipinski definition) is 2. The van der Waals surface area contributed by atoms with E-state index in [1.54, 1.807) is 30.3 Å². The van der Waals surface area contributed by atoms with Crippen LogP contribution in [0.5, 0.6) is 0 Å². The summed E-state index contributed by atoms with van der Waals surface area (Å²) in [5.41, 5.74) is 6.36. The van der Waals surface area contributed by atoms with Gasteiger partial charge in [0.2, 0.25) is 15.8 Å². The lowest BCUT2D eigenvalue weighted by Gasteiger charge is -2.33. The van der Waals surface area contributed by atoms with E-state index in [9.17, 15) is 13.2 Å². The molecule has 1 fully saturated rings. The van der Waals surface area contributed by atoms with E-state index in [4.69, 9.17) is 10.9 Å². The Morgan fingerprint density at radius 3 is 2.54 bits per heavy atom. The Bertz CT molecular complexity index is 1110. The Kier molecular flexibility index (Phi) is 4.40. The third kappa shape index (κ3) is 3.25. The molecule has 1 saturated carbocycles. The van der Waals surface area contributed by atoms with Crippen LogP contribution in [0.15, 0.2) is 59.7 Å². The average Bonchev–Trinajstić information content (AvgIpc) is 3.53. The Morgan fingerprint density at radius 2 is 1.89 bits per heavy atom. The van der Waals surface area contributed by atoms with E-state index < -0.39 is 15.4 Å². The highest BCUT2D eigenvalue weighted by Crippen LogP contribution is 2.52. The van der Waals surface area contributed by atoms with E-state index in [2.05, 4.69) is 9.97 Å². The summed E-state index contributed by atoms with van der Waals surface area (Å²) < 4.78 is 23.9. The van der Waals surface area contributed by atoms with Crippen molar-refractivity contribution in [2.24, 2.45) is 11.1 Å². The van der Waals surface area contributed by atoms with Gasteiger partial charge in [-0.15, -0.1) is 0 Å². The molecule has 0 radical (unpaired) electrons. The number of primary sulfonamides is 1. The fourth-order valence-electron chi connectivity index (χ4n) is 3.71. The number of ketones is 1. The van der Waals surface area contributed by atoms with Crippen LogP contribution in [0.25, 0.3) is 0 Å². The van der Waals surface area contributed by atoms with Crippen molar-refractivity contribution in [3.8, 4) is 0 Å². The van der Waals surface area contributed by atoms with Crippen molar-refractivity contribution in [1.29, 1.82) is 0 Å². The third-order valence-corrected chi connectivity index (χ3v) is 6.35. The van der Waals surface area contributed by atoms with Crippen LogP contribution < -0.4 is 10.9 Å². The summed E-state index contributed by atoms with van der Waals surface area (Å²) in [6, 6.07) is 8.72. The van der Waals surface area contributed by atoms with E-state index in [1.165, 1.54) is 12.3 Å². The molecule has 2 aliphatic carbocycles. The van der Waals surface area contributed by atoms with Gasteiger partial charge in [-0.05, 0) is 31.3 Å². The number of carbonyl (C=O) groups is 1. The maximum absolute atomic E-state index is 12.9. The van der Waals surface area contributed by atoms with Crippen molar-refractivity contribution in [3.05, 3.63) is 76.6 Å². The molecule has 0 bridgehead atoms. The summed E-state index contributed by atoms with van der Waals surface area (Å²) in [7, 11) is -3.82. The monoisotopic (exact) mass is 396 g/mol. The van der Waals surface area contributed by atoms with E-state index in [0.29, 0.717) is 11.3 Å². The first-order chi connectivity index (χ1) is 13.3. The first-order valence-corrected chi connectivity index (χ1v) is 10.5. The van der Waals surface area contributed by atoms with Gasteiger partial charge in [-0.1, -0.05) is 42.5 Å². The normalized spacial score (nSPS) is 22.0. The molecular weight excluding hydrogens is 376 g/mol. The number of allylic oxidation sites excluding steroid dienone is 4. The second-order valence-electron chi connectivity index (χ2n) is 7.21. The van der Waals surface area contributed by atoms with Gasteiger partial charge in [-0.2, -0.15) is 0 Å². The highest BCUT2D eigenvalue weighted by Gasteiger charge is 2.48. The number of rotatable bonds is 5. The number of benzene rings is 1. The van der Waals surface area contributed by atoms with Gasteiger partial charge in [0.1, 0.15) is 0 Å². The van der Waals surface area contributed by atoms with E-state index in [1.807, 2.05) is 12.1 Å². The molecule has 4 rings (SSSR count). The van der Waals surface area contributed by atoms with Gasteiger partial charge in [-0.25, -0.2) is 23.5 Å². The van der Waals surface area contributed by atoms with Crippen molar-refractivity contribution in [2.75, 3.05) is 5.73 Å². The second-order valence-corrected chi connectivity index (χ2v) is 8.83. The zero-order valence-corrected chi connectivity index (χ0v) is 15.9. The van der Waals surface area contributed by atoms with Gasteiger partial charge in [0.05, 0.1) is 16.8 Å². The molecular formula is C20H20N4O3S. The molecule has 0 aliphatic heterocycles. The van der Waals surface area contributed by atoms with E-state index >= 15 is 0 Å². The summed E-state index contributed by atoms with van der Waals surface area (Å²) in [6.07, 6.45) is 8.76. The zero-order valence-electron chi connectivity index (χ0n) is 15.1. The van der Waals surface area contributed by atoms with Gasteiger partial charge in [0.15, 0.2) is 11.5 Å².